The van der Waals surface area contributed by atoms with Crippen molar-refractivity contribution in [1.29, 1.82) is 0 Å². The van der Waals surface area contributed by atoms with E-state index in [-0.39, 0.29) is 11.9 Å². The maximum atomic E-state index is 12.9. The van der Waals surface area contributed by atoms with Crippen molar-refractivity contribution in [3.63, 3.8) is 0 Å². The Kier molecular flexibility index (Phi) is 6.91. The highest BCUT2D eigenvalue weighted by Crippen LogP contribution is 2.33. The molecule has 3 rings (SSSR count). The number of carbonyl (C=O) groups is 1. The van der Waals surface area contributed by atoms with Gasteiger partial charge in [0, 0.05) is 11.4 Å². The first kappa shape index (κ1) is 19.9. The van der Waals surface area contributed by atoms with Crippen molar-refractivity contribution in [3.8, 4) is 5.75 Å². The summed E-state index contributed by atoms with van der Waals surface area (Å²) in [6, 6.07) is 10.2. The summed E-state index contributed by atoms with van der Waals surface area (Å²) in [5, 5.41) is 5.45. The highest BCUT2D eigenvalue weighted by atomic mass is 32.1. The lowest BCUT2D eigenvalue weighted by Crippen LogP contribution is -2.46. The Hall–Kier alpha value is -1.85. The van der Waals surface area contributed by atoms with Crippen LogP contribution in [-0.4, -0.2) is 37.0 Å². The normalized spacial score (nSPS) is 17.4. The van der Waals surface area contributed by atoms with Crippen LogP contribution in [-0.2, 0) is 11.2 Å². The van der Waals surface area contributed by atoms with Crippen LogP contribution in [0.5, 0.6) is 5.75 Å². The third-order valence-electron chi connectivity index (χ3n) is 5.28. The molecule has 27 heavy (non-hydrogen) atoms. The van der Waals surface area contributed by atoms with E-state index in [0.29, 0.717) is 19.1 Å². The highest BCUT2D eigenvalue weighted by molar-refractivity contribution is 7.10. The van der Waals surface area contributed by atoms with Gasteiger partial charge in [0.25, 0.3) is 0 Å². The fourth-order valence-corrected chi connectivity index (χ4v) is 4.35. The number of benzene rings is 1. The molecule has 146 valence electrons. The van der Waals surface area contributed by atoms with Gasteiger partial charge in [0.2, 0.25) is 5.91 Å². The van der Waals surface area contributed by atoms with Crippen molar-refractivity contribution in [2.45, 2.75) is 39.7 Å². The van der Waals surface area contributed by atoms with E-state index in [1.165, 1.54) is 16.0 Å². The van der Waals surface area contributed by atoms with Gasteiger partial charge in [0.1, 0.15) is 12.4 Å². The summed E-state index contributed by atoms with van der Waals surface area (Å²) in [7, 11) is 0. The number of rotatable bonds is 8. The van der Waals surface area contributed by atoms with Crippen molar-refractivity contribution in [1.82, 2.24) is 10.2 Å². The monoisotopic (exact) mass is 386 g/mol. The third-order valence-corrected chi connectivity index (χ3v) is 6.28. The molecular formula is C22H30N2O2S. The number of thiophene rings is 1. The first-order valence-corrected chi connectivity index (χ1v) is 10.7. The maximum Gasteiger partial charge on any atom is 0.237 e. The van der Waals surface area contributed by atoms with Crippen LogP contribution in [0.4, 0.5) is 0 Å². The molecule has 0 saturated heterocycles. The minimum atomic E-state index is -0.0154. The standard InChI is InChI=1S/C22H30N2O2S/c1-4-16(2)13-23-14-22(25)24-10-8-21-19(9-11-27-21)20(24)15-26-18-7-5-6-17(3)12-18/h5-7,9,11-12,16,20,23H,4,8,10,13-15H2,1-3H3/t16-,20+/m0/s1. The Morgan fingerprint density at radius 3 is 3.04 bits per heavy atom. The molecule has 2 aromatic rings. The Bertz CT molecular complexity index is 758. The fourth-order valence-electron chi connectivity index (χ4n) is 3.43. The second-order valence-corrected chi connectivity index (χ2v) is 8.42. The van der Waals surface area contributed by atoms with E-state index in [4.69, 9.17) is 4.74 Å². The van der Waals surface area contributed by atoms with E-state index in [2.05, 4.69) is 43.6 Å². The van der Waals surface area contributed by atoms with Gasteiger partial charge in [-0.2, -0.15) is 0 Å². The van der Waals surface area contributed by atoms with Gasteiger partial charge in [-0.25, -0.2) is 0 Å². The topological polar surface area (TPSA) is 41.6 Å². The number of hydrogen-bond acceptors (Lipinski definition) is 4. The van der Waals surface area contributed by atoms with Gasteiger partial charge in [-0.05, 0) is 60.5 Å². The molecule has 1 amide bonds. The number of aryl methyl sites for hydroxylation is 1. The van der Waals surface area contributed by atoms with Gasteiger partial charge < -0.3 is 15.0 Å². The van der Waals surface area contributed by atoms with Gasteiger partial charge >= 0.3 is 0 Å². The molecule has 4 nitrogen and oxygen atoms in total. The predicted molar refractivity (Wildman–Crippen MR) is 111 cm³/mol. The van der Waals surface area contributed by atoms with E-state index < -0.39 is 0 Å². The van der Waals surface area contributed by atoms with Gasteiger partial charge in [0.05, 0.1) is 12.6 Å². The number of carbonyl (C=O) groups excluding carboxylic acids is 1. The van der Waals surface area contributed by atoms with Crippen molar-refractivity contribution in [2.24, 2.45) is 5.92 Å². The number of hydrogen-bond donors (Lipinski definition) is 1. The van der Waals surface area contributed by atoms with Gasteiger partial charge in [-0.15, -0.1) is 11.3 Å². The number of ether oxygens (including phenoxy) is 1. The summed E-state index contributed by atoms with van der Waals surface area (Å²) in [4.78, 5) is 16.3. The zero-order valence-electron chi connectivity index (χ0n) is 16.5. The fraction of sp³-hybridized carbons (Fsp3) is 0.500. The van der Waals surface area contributed by atoms with Gasteiger partial charge in [-0.3, -0.25) is 4.79 Å². The number of nitrogens with one attached hydrogen (secondary N) is 1. The Labute approximate surface area is 166 Å². The quantitative estimate of drug-likeness (QED) is 0.739. The SMILES string of the molecule is CC[C@H](C)CNCC(=O)N1CCc2sccc2[C@H]1COc1cccc(C)c1. The zero-order valence-corrected chi connectivity index (χ0v) is 17.3. The molecule has 2 heterocycles. The van der Waals surface area contributed by atoms with Crippen LogP contribution in [0.1, 0.15) is 42.3 Å². The highest BCUT2D eigenvalue weighted by Gasteiger charge is 2.31. The maximum absolute atomic E-state index is 12.9. The Morgan fingerprint density at radius 2 is 2.26 bits per heavy atom. The first-order chi connectivity index (χ1) is 13.1. The van der Waals surface area contributed by atoms with E-state index in [9.17, 15) is 4.79 Å². The molecule has 1 N–H and O–H groups in total. The van der Waals surface area contributed by atoms with Crippen LogP contribution in [0.2, 0.25) is 0 Å². The van der Waals surface area contributed by atoms with E-state index in [1.807, 2.05) is 23.1 Å². The average molecular weight is 387 g/mol. The molecular weight excluding hydrogens is 356 g/mol. The molecule has 0 spiro atoms. The average Bonchev–Trinajstić information content (AvgIpc) is 3.14. The van der Waals surface area contributed by atoms with E-state index in [0.717, 1.165) is 31.7 Å². The molecule has 5 heteroatoms. The summed E-state index contributed by atoms with van der Waals surface area (Å²) >= 11 is 1.78. The molecule has 0 radical (unpaired) electrons. The van der Waals surface area contributed by atoms with Crippen LogP contribution in [0.3, 0.4) is 0 Å². The summed E-state index contributed by atoms with van der Waals surface area (Å²) in [5.41, 5.74) is 2.42. The second-order valence-electron chi connectivity index (χ2n) is 7.42. The largest absolute Gasteiger partial charge is 0.491 e. The number of fused-ring (bicyclic) bond motifs is 1. The van der Waals surface area contributed by atoms with Crippen molar-refractivity contribution < 1.29 is 9.53 Å². The summed E-state index contributed by atoms with van der Waals surface area (Å²) in [6.07, 6.45) is 2.06. The van der Waals surface area contributed by atoms with Crippen molar-refractivity contribution in [3.05, 3.63) is 51.7 Å². The minimum absolute atomic E-state index is 0.0154. The smallest absolute Gasteiger partial charge is 0.237 e. The molecule has 0 fully saturated rings. The summed E-state index contributed by atoms with van der Waals surface area (Å²) in [5.74, 6) is 1.61. The van der Waals surface area contributed by atoms with Crippen LogP contribution < -0.4 is 10.1 Å². The first-order valence-electron chi connectivity index (χ1n) is 9.84. The molecule has 0 unspecified atom stereocenters. The lowest BCUT2D eigenvalue weighted by Gasteiger charge is -2.36. The summed E-state index contributed by atoms with van der Waals surface area (Å²) in [6.45, 7) is 8.96. The van der Waals surface area contributed by atoms with Crippen LogP contribution in [0, 0.1) is 12.8 Å². The number of amides is 1. The van der Waals surface area contributed by atoms with Gasteiger partial charge in [-0.1, -0.05) is 32.4 Å². The Morgan fingerprint density at radius 1 is 1.41 bits per heavy atom. The van der Waals surface area contributed by atoms with E-state index >= 15 is 0 Å². The van der Waals surface area contributed by atoms with Crippen LogP contribution in [0.25, 0.3) is 0 Å². The van der Waals surface area contributed by atoms with Crippen LogP contribution in [0.15, 0.2) is 35.7 Å². The molecule has 0 saturated carbocycles. The van der Waals surface area contributed by atoms with Gasteiger partial charge in [0.15, 0.2) is 0 Å². The molecule has 1 aliphatic heterocycles. The minimum Gasteiger partial charge on any atom is -0.491 e. The molecule has 1 aliphatic rings. The number of nitrogens with zero attached hydrogens (tertiary/aromatic N) is 1. The third kappa shape index (κ3) is 5.11. The lowest BCUT2D eigenvalue weighted by atomic mass is 10.0. The molecule has 1 aromatic heterocycles. The Balaban J connectivity index is 1.67. The van der Waals surface area contributed by atoms with Crippen LogP contribution >= 0.6 is 11.3 Å². The van der Waals surface area contributed by atoms with Crippen molar-refractivity contribution in [2.75, 3.05) is 26.2 Å². The lowest BCUT2D eigenvalue weighted by molar-refractivity contribution is -0.133. The predicted octanol–water partition coefficient (Wildman–Crippen LogP) is 4.20. The zero-order chi connectivity index (χ0) is 19.2. The van der Waals surface area contributed by atoms with E-state index in [1.54, 1.807) is 11.3 Å². The summed E-state index contributed by atoms with van der Waals surface area (Å²) < 4.78 is 6.08. The van der Waals surface area contributed by atoms with Crippen molar-refractivity contribution >= 4 is 17.2 Å². The molecule has 2 atom stereocenters. The molecule has 0 aliphatic carbocycles. The second kappa shape index (κ2) is 9.38. The molecule has 0 bridgehead atoms. The molecule has 1 aromatic carbocycles.